The summed E-state index contributed by atoms with van der Waals surface area (Å²) >= 11 is 0. The maximum absolute atomic E-state index is 14.6. The average molecular weight is 1010 g/mol. The average Bonchev–Trinajstić information content (AvgIpc) is 3.95. The van der Waals surface area contributed by atoms with Crippen LogP contribution in [0.15, 0.2) is 41.7 Å². The van der Waals surface area contributed by atoms with Gasteiger partial charge in [0.15, 0.2) is 5.16 Å². The number of likely N-dealkylation sites (tertiary alicyclic amines) is 1. The van der Waals surface area contributed by atoms with Crippen LogP contribution in [0.3, 0.4) is 0 Å². The lowest BCUT2D eigenvalue weighted by atomic mass is 9.89. The predicted molar refractivity (Wildman–Crippen MR) is 267 cm³/mol. The van der Waals surface area contributed by atoms with Crippen molar-refractivity contribution in [2.24, 2.45) is 30.7 Å². The Morgan fingerprint density at radius 3 is 2.10 bits per heavy atom. The first-order valence-corrected chi connectivity index (χ1v) is 25.9. The molecule has 10 atom stereocenters. The van der Waals surface area contributed by atoms with Crippen LogP contribution < -0.4 is 10.6 Å². The second-order valence-corrected chi connectivity index (χ2v) is 22.3. The molecule has 0 unspecified atom stereocenters. The van der Waals surface area contributed by atoms with Gasteiger partial charge in [-0.3, -0.25) is 24.1 Å². The number of hydrogen-bond donors (Lipinski definition) is 4. The fourth-order valence-electron chi connectivity index (χ4n) is 8.87. The maximum Gasteiger partial charge on any atom is 0.410 e. The quantitative estimate of drug-likeness (QED) is 0.0791. The van der Waals surface area contributed by atoms with Crippen molar-refractivity contribution in [1.29, 1.82) is 0 Å². The first-order chi connectivity index (χ1) is 32.3. The van der Waals surface area contributed by atoms with E-state index < -0.39 is 77.2 Å². The number of carbonyl (C=O) groups excluding carboxylic acids is 5. The minimum absolute atomic E-state index is 0.0309. The molecule has 0 bridgehead atoms. The predicted octanol–water partition coefficient (Wildman–Crippen LogP) is 6.03. The van der Waals surface area contributed by atoms with Crippen LogP contribution in [0.4, 0.5) is 4.79 Å². The van der Waals surface area contributed by atoms with Crippen LogP contribution in [0.5, 0.6) is 0 Å². The smallest absolute Gasteiger partial charge is 0.410 e. The second-order valence-electron chi connectivity index (χ2n) is 19.5. The van der Waals surface area contributed by atoms with Gasteiger partial charge >= 0.3 is 12.1 Å². The monoisotopic (exact) mass is 1010 g/mol. The Bertz CT molecular complexity index is 2020. The molecule has 5 amide bonds. The summed E-state index contributed by atoms with van der Waals surface area (Å²) in [6, 6.07) is 5.55. The first kappa shape index (κ1) is 58.9. The number of imidazole rings is 1. The van der Waals surface area contributed by atoms with Crippen molar-refractivity contribution in [2.45, 2.75) is 153 Å². The number of nitrogens with one attached hydrogen (secondary N) is 2. The van der Waals surface area contributed by atoms with E-state index in [1.807, 2.05) is 59.7 Å². The van der Waals surface area contributed by atoms with Crippen LogP contribution in [0, 0.1) is 23.7 Å². The van der Waals surface area contributed by atoms with Crippen molar-refractivity contribution in [3.63, 3.8) is 0 Å². The molecule has 1 aliphatic heterocycles. The lowest BCUT2D eigenvalue weighted by Gasteiger charge is -2.41. The van der Waals surface area contributed by atoms with Gasteiger partial charge in [0, 0.05) is 41.9 Å². The van der Waals surface area contributed by atoms with Crippen molar-refractivity contribution in [3.05, 3.63) is 47.8 Å². The highest BCUT2D eigenvalue weighted by Gasteiger charge is 2.44. The van der Waals surface area contributed by atoms with E-state index in [9.17, 15) is 39.0 Å². The van der Waals surface area contributed by atoms with Crippen molar-refractivity contribution in [3.8, 4) is 0 Å². The summed E-state index contributed by atoms with van der Waals surface area (Å²) in [5, 5.41) is 26.6. The standard InChI is InChI=1S/C49H79N7O11S2/c1-16-30(6)40(36(65-14)25-37(57)56-24-20-23-34(56)42(66-15)31(7)43(59)51-32(8)41(58)33-21-18-17-19-22-33)54(12)45(61)38(28(2)3)52-44(60)39(29(4)5)55(13)48(64)67-27-49(9,10)69-68-47-50-26-35(46(62)63)53(47)11/h17-19,21-22,26,28-32,34,36,38-42,58H,16,20,23-25,27H2,1-15H3,(H,51,59)(H,52,60)(H,62,63)/t30-,31+,32+,34-,36+,38-,39-,40-,41+,42+/m0/s1. The van der Waals surface area contributed by atoms with Gasteiger partial charge in [0.25, 0.3) is 0 Å². The third-order valence-corrected chi connectivity index (χ3v) is 16.4. The van der Waals surface area contributed by atoms with E-state index in [1.165, 1.54) is 58.5 Å². The number of methoxy groups -OCH3 is 2. The van der Waals surface area contributed by atoms with E-state index in [0.717, 1.165) is 0 Å². The molecular weight excluding hydrogens is 927 g/mol. The van der Waals surface area contributed by atoms with Gasteiger partial charge in [-0.1, -0.05) is 96.0 Å². The summed E-state index contributed by atoms with van der Waals surface area (Å²) in [5.74, 6) is -4.03. The van der Waals surface area contributed by atoms with Gasteiger partial charge in [0.05, 0.1) is 59.7 Å². The highest BCUT2D eigenvalue weighted by atomic mass is 33.1. The van der Waals surface area contributed by atoms with Gasteiger partial charge in [-0.05, 0) is 67.7 Å². The van der Waals surface area contributed by atoms with Crippen LogP contribution in [-0.2, 0) is 40.4 Å². The zero-order valence-corrected chi connectivity index (χ0v) is 44.9. The molecule has 20 heteroatoms. The van der Waals surface area contributed by atoms with E-state index in [1.54, 1.807) is 63.7 Å². The largest absolute Gasteiger partial charge is 0.477 e. The molecule has 1 aromatic heterocycles. The highest BCUT2D eigenvalue weighted by Crippen LogP contribution is 2.40. The Kier molecular flexibility index (Phi) is 22.8. The number of amides is 5. The zero-order chi connectivity index (χ0) is 52.1. The number of ether oxygens (including phenoxy) is 3. The minimum atomic E-state index is -1.09. The SMILES string of the molecule is CC[C@H](C)[C@@H]([C@@H](CC(=O)N1CCC[C@H]1[C@H](OC)[C@@H](C)C(=O)N[C@H](C)[C@@H](O)c1ccccc1)OC)N(C)C(=O)[C@@H](NC(=O)[C@H](C(C)C)N(C)C(=O)OCC(C)(C)SSc1ncc(C(=O)O)n1C)C(C)C. The molecule has 0 saturated carbocycles. The minimum Gasteiger partial charge on any atom is -0.477 e. The maximum atomic E-state index is 14.6. The Hall–Kier alpha value is -4.37. The number of benzene rings is 1. The summed E-state index contributed by atoms with van der Waals surface area (Å²) in [5.41, 5.74) is 0.729. The number of hydrogen-bond acceptors (Lipinski definition) is 13. The van der Waals surface area contributed by atoms with Gasteiger partial charge in [-0.2, -0.15) is 0 Å². The molecule has 388 valence electrons. The van der Waals surface area contributed by atoms with Crippen molar-refractivity contribution in [1.82, 2.24) is 34.9 Å². The molecule has 1 saturated heterocycles. The van der Waals surface area contributed by atoms with Crippen molar-refractivity contribution >= 4 is 57.3 Å². The number of aliphatic hydroxyl groups is 1. The molecule has 18 nitrogen and oxygen atoms in total. The van der Waals surface area contributed by atoms with Crippen LogP contribution in [-0.4, -0.2) is 159 Å². The third-order valence-electron chi connectivity index (χ3n) is 13.1. The molecule has 1 aliphatic rings. The van der Waals surface area contributed by atoms with Gasteiger partial charge in [0.2, 0.25) is 23.6 Å². The molecule has 1 fully saturated rings. The van der Waals surface area contributed by atoms with Crippen LogP contribution >= 0.6 is 21.6 Å². The number of aliphatic hydroxyl groups excluding tert-OH is 1. The lowest BCUT2D eigenvalue weighted by Crippen LogP contribution is -2.60. The van der Waals surface area contributed by atoms with E-state index >= 15 is 0 Å². The summed E-state index contributed by atoms with van der Waals surface area (Å²) in [6.07, 6.45) is 0.196. The molecule has 2 heterocycles. The Morgan fingerprint density at radius 1 is 0.928 bits per heavy atom. The van der Waals surface area contributed by atoms with Crippen LogP contribution in [0.2, 0.25) is 0 Å². The summed E-state index contributed by atoms with van der Waals surface area (Å²) in [7, 11) is 10.4. The number of carboxylic acid groups (broad SMARTS) is 1. The molecule has 0 spiro atoms. The molecule has 69 heavy (non-hydrogen) atoms. The normalized spacial score (nSPS) is 18.1. The van der Waals surface area contributed by atoms with E-state index in [0.29, 0.717) is 36.5 Å². The number of rotatable bonds is 26. The third kappa shape index (κ3) is 15.6. The fraction of sp³-hybridized carbons (Fsp3) is 0.694. The topological polar surface area (TPSA) is 222 Å². The number of carbonyl (C=O) groups is 6. The Balaban J connectivity index is 1.73. The summed E-state index contributed by atoms with van der Waals surface area (Å²) in [4.78, 5) is 90.5. The lowest BCUT2D eigenvalue weighted by molar-refractivity contribution is -0.148. The number of aromatic nitrogens is 2. The number of carboxylic acids is 1. The molecule has 0 aliphatic carbocycles. The molecule has 2 aromatic rings. The molecule has 0 radical (unpaired) electrons. The van der Waals surface area contributed by atoms with Gasteiger partial charge < -0.3 is 49.4 Å². The van der Waals surface area contributed by atoms with Gasteiger partial charge in [0.1, 0.15) is 24.4 Å². The number of nitrogens with zero attached hydrogens (tertiary/aromatic N) is 5. The number of likely N-dealkylation sites (N-methyl/N-ethyl adjacent to an activating group) is 2. The van der Waals surface area contributed by atoms with Crippen LogP contribution in [0.25, 0.3) is 0 Å². The molecular formula is C49H79N7O11S2. The van der Waals surface area contributed by atoms with E-state index in [4.69, 9.17) is 14.2 Å². The Labute approximate surface area is 417 Å². The summed E-state index contributed by atoms with van der Waals surface area (Å²) < 4.78 is 18.6. The van der Waals surface area contributed by atoms with Crippen molar-refractivity contribution in [2.75, 3.05) is 41.5 Å². The molecule has 1 aromatic carbocycles. The molecule has 4 N–H and O–H groups in total. The van der Waals surface area contributed by atoms with Gasteiger partial charge in [-0.15, -0.1) is 0 Å². The fourth-order valence-corrected chi connectivity index (χ4v) is 11.1. The Morgan fingerprint density at radius 2 is 1.57 bits per heavy atom. The first-order valence-electron chi connectivity index (χ1n) is 23.8. The van der Waals surface area contributed by atoms with Gasteiger partial charge in [-0.25, -0.2) is 14.6 Å². The second kappa shape index (κ2) is 26.7. The van der Waals surface area contributed by atoms with E-state index in [-0.39, 0.29) is 54.2 Å². The summed E-state index contributed by atoms with van der Waals surface area (Å²) in [6.45, 7) is 18.9. The highest BCUT2D eigenvalue weighted by molar-refractivity contribution is 8.77. The van der Waals surface area contributed by atoms with Crippen molar-refractivity contribution < 1.29 is 53.2 Å². The van der Waals surface area contributed by atoms with E-state index in [2.05, 4.69) is 15.6 Å². The van der Waals surface area contributed by atoms with Crippen LogP contribution in [0.1, 0.15) is 117 Å². The number of aromatic carboxylic acids is 1. The zero-order valence-electron chi connectivity index (χ0n) is 43.3. The molecule has 3 rings (SSSR count).